The van der Waals surface area contributed by atoms with Crippen molar-refractivity contribution in [1.82, 2.24) is 20.1 Å². The summed E-state index contributed by atoms with van der Waals surface area (Å²) in [5.74, 6) is -0.167. The third kappa shape index (κ3) is 3.61. The summed E-state index contributed by atoms with van der Waals surface area (Å²) in [6, 6.07) is 3.18. The van der Waals surface area contributed by atoms with Gasteiger partial charge in [0.2, 0.25) is 11.8 Å². The fraction of sp³-hybridized carbons (Fsp3) is 0.579. The molecule has 0 unspecified atom stereocenters. The van der Waals surface area contributed by atoms with Crippen molar-refractivity contribution in [2.75, 3.05) is 20.2 Å². The Balaban J connectivity index is 1.63. The number of pyridine rings is 1. The molecule has 0 radical (unpaired) electrons. The maximum Gasteiger partial charge on any atom is 0.327 e. The van der Waals surface area contributed by atoms with Crippen molar-refractivity contribution in [1.29, 1.82) is 0 Å². The summed E-state index contributed by atoms with van der Waals surface area (Å²) >= 11 is 0. The minimum Gasteiger partial charge on any atom is -0.478 e. The number of aromatic nitrogens is 1. The van der Waals surface area contributed by atoms with E-state index in [0.29, 0.717) is 25.3 Å². The van der Waals surface area contributed by atoms with Crippen molar-refractivity contribution in [2.45, 2.75) is 51.1 Å². The molecule has 4 amide bonds. The molecule has 146 valence electrons. The number of ether oxygens (including phenoxy) is 1. The van der Waals surface area contributed by atoms with E-state index in [1.165, 1.54) is 4.90 Å². The van der Waals surface area contributed by atoms with Crippen LogP contribution in [0.15, 0.2) is 18.3 Å². The standard InChI is InChI=1S/C19H26N4O4/c1-3-27-16-14(8-7-11-20-16)12-21-15(24)13-23-17(25)19(22(2)18(23)26)9-5-4-6-10-19/h7-8,11H,3-6,9-10,12-13H2,1-2H3,(H,21,24). The van der Waals surface area contributed by atoms with Crippen molar-refractivity contribution in [2.24, 2.45) is 0 Å². The fourth-order valence-electron chi connectivity index (χ4n) is 3.89. The van der Waals surface area contributed by atoms with E-state index in [-0.39, 0.29) is 24.9 Å². The molecule has 1 N–H and O–H groups in total. The Morgan fingerprint density at radius 1 is 1.30 bits per heavy atom. The van der Waals surface area contributed by atoms with E-state index >= 15 is 0 Å². The van der Waals surface area contributed by atoms with Crippen LogP contribution in [0.25, 0.3) is 0 Å². The molecule has 1 saturated heterocycles. The van der Waals surface area contributed by atoms with Crippen LogP contribution in [0.1, 0.15) is 44.6 Å². The summed E-state index contributed by atoms with van der Waals surface area (Å²) in [5.41, 5.74) is -0.0196. The zero-order valence-corrected chi connectivity index (χ0v) is 15.9. The van der Waals surface area contributed by atoms with E-state index < -0.39 is 11.6 Å². The topological polar surface area (TPSA) is 91.8 Å². The van der Waals surface area contributed by atoms with Crippen LogP contribution in [0.3, 0.4) is 0 Å². The number of nitrogens with zero attached hydrogens (tertiary/aromatic N) is 3. The highest BCUT2D eigenvalue weighted by molar-refractivity contribution is 6.08. The number of likely N-dealkylation sites (N-methyl/N-ethyl adjacent to an activating group) is 1. The smallest absolute Gasteiger partial charge is 0.327 e. The average Bonchev–Trinajstić information content (AvgIpc) is 2.84. The van der Waals surface area contributed by atoms with Crippen molar-refractivity contribution in [3.05, 3.63) is 23.9 Å². The lowest BCUT2D eigenvalue weighted by Gasteiger charge is -2.35. The Labute approximate surface area is 158 Å². The summed E-state index contributed by atoms with van der Waals surface area (Å²) in [4.78, 5) is 44.6. The van der Waals surface area contributed by atoms with Crippen molar-refractivity contribution in [3.63, 3.8) is 0 Å². The molecule has 2 fully saturated rings. The lowest BCUT2D eigenvalue weighted by atomic mass is 9.81. The Morgan fingerprint density at radius 2 is 2.04 bits per heavy atom. The number of nitrogens with one attached hydrogen (secondary N) is 1. The number of amides is 4. The largest absolute Gasteiger partial charge is 0.478 e. The highest BCUT2D eigenvalue weighted by Crippen LogP contribution is 2.39. The first-order valence-electron chi connectivity index (χ1n) is 9.43. The first-order chi connectivity index (χ1) is 13.0. The summed E-state index contributed by atoms with van der Waals surface area (Å²) in [5, 5.41) is 2.75. The number of hydrogen-bond acceptors (Lipinski definition) is 5. The molecule has 1 aromatic rings. The first-order valence-corrected chi connectivity index (χ1v) is 9.43. The van der Waals surface area contributed by atoms with Gasteiger partial charge in [0.25, 0.3) is 5.91 Å². The van der Waals surface area contributed by atoms with Crippen LogP contribution >= 0.6 is 0 Å². The second-order valence-corrected chi connectivity index (χ2v) is 7.00. The lowest BCUT2D eigenvalue weighted by Crippen LogP contribution is -2.49. The number of urea groups is 1. The second-order valence-electron chi connectivity index (χ2n) is 7.00. The quantitative estimate of drug-likeness (QED) is 0.765. The molecule has 8 heteroatoms. The van der Waals surface area contributed by atoms with Crippen molar-refractivity contribution in [3.8, 4) is 5.88 Å². The molecule has 3 rings (SSSR count). The van der Waals surface area contributed by atoms with Crippen LogP contribution in [-0.4, -0.2) is 58.4 Å². The van der Waals surface area contributed by atoms with E-state index in [2.05, 4.69) is 10.3 Å². The van der Waals surface area contributed by atoms with Crippen LogP contribution in [0.4, 0.5) is 4.79 Å². The zero-order valence-electron chi connectivity index (χ0n) is 15.9. The van der Waals surface area contributed by atoms with Gasteiger partial charge >= 0.3 is 6.03 Å². The monoisotopic (exact) mass is 374 g/mol. The molecule has 27 heavy (non-hydrogen) atoms. The summed E-state index contributed by atoms with van der Waals surface area (Å²) < 4.78 is 5.44. The highest BCUT2D eigenvalue weighted by Gasteiger charge is 2.55. The van der Waals surface area contributed by atoms with Gasteiger partial charge in [-0.1, -0.05) is 25.3 Å². The van der Waals surface area contributed by atoms with Crippen molar-refractivity contribution >= 4 is 17.8 Å². The lowest BCUT2D eigenvalue weighted by molar-refractivity contribution is -0.137. The SMILES string of the molecule is CCOc1ncccc1CNC(=O)CN1C(=O)N(C)C2(CCCCC2)C1=O. The van der Waals surface area contributed by atoms with Crippen LogP contribution in [0.5, 0.6) is 5.88 Å². The van der Waals surface area contributed by atoms with Gasteiger partial charge in [-0.3, -0.25) is 14.5 Å². The van der Waals surface area contributed by atoms with Gasteiger partial charge in [-0.05, 0) is 25.8 Å². The van der Waals surface area contributed by atoms with Crippen LogP contribution in [0, 0.1) is 0 Å². The molecule has 2 heterocycles. The van der Waals surface area contributed by atoms with Crippen LogP contribution in [-0.2, 0) is 16.1 Å². The van der Waals surface area contributed by atoms with Gasteiger partial charge < -0.3 is 15.0 Å². The summed E-state index contributed by atoms with van der Waals surface area (Å²) in [6.45, 7) is 2.29. The fourth-order valence-corrected chi connectivity index (χ4v) is 3.89. The maximum absolute atomic E-state index is 12.9. The van der Waals surface area contributed by atoms with E-state index in [0.717, 1.165) is 29.7 Å². The van der Waals surface area contributed by atoms with Gasteiger partial charge in [0.15, 0.2) is 0 Å². The Bertz CT molecular complexity index is 730. The third-order valence-electron chi connectivity index (χ3n) is 5.39. The maximum atomic E-state index is 12.9. The van der Waals surface area contributed by atoms with Crippen molar-refractivity contribution < 1.29 is 19.1 Å². The Kier molecular flexibility index (Phi) is 5.62. The van der Waals surface area contributed by atoms with E-state index in [1.54, 1.807) is 19.3 Å². The van der Waals surface area contributed by atoms with Gasteiger partial charge in [0.05, 0.1) is 6.61 Å². The molecule has 1 aromatic heterocycles. The van der Waals surface area contributed by atoms with Crippen LogP contribution in [0.2, 0.25) is 0 Å². The van der Waals surface area contributed by atoms with E-state index in [4.69, 9.17) is 4.74 Å². The van der Waals surface area contributed by atoms with Gasteiger partial charge in [0, 0.05) is 25.4 Å². The molecule has 1 spiro atoms. The normalized spacial score (nSPS) is 18.9. The molecule has 0 bridgehead atoms. The number of carbonyl (C=O) groups is 3. The average molecular weight is 374 g/mol. The number of rotatable bonds is 6. The summed E-state index contributed by atoms with van der Waals surface area (Å²) in [6.07, 6.45) is 5.87. The predicted octanol–water partition coefficient (Wildman–Crippen LogP) is 1.69. The molecular weight excluding hydrogens is 348 g/mol. The molecule has 1 saturated carbocycles. The molecule has 1 aliphatic carbocycles. The molecule has 0 aromatic carbocycles. The highest BCUT2D eigenvalue weighted by atomic mass is 16.5. The zero-order chi connectivity index (χ0) is 19.4. The molecule has 1 aliphatic heterocycles. The van der Waals surface area contributed by atoms with Gasteiger partial charge in [-0.25, -0.2) is 9.78 Å². The number of carbonyl (C=O) groups excluding carboxylic acids is 3. The molecule has 8 nitrogen and oxygen atoms in total. The molecule has 2 aliphatic rings. The third-order valence-corrected chi connectivity index (χ3v) is 5.39. The van der Waals surface area contributed by atoms with Crippen LogP contribution < -0.4 is 10.1 Å². The Hall–Kier alpha value is -2.64. The van der Waals surface area contributed by atoms with Gasteiger partial charge in [-0.15, -0.1) is 0 Å². The van der Waals surface area contributed by atoms with E-state index in [9.17, 15) is 14.4 Å². The Morgan fingerprint density at radius 3 is 2.74 bits per heavy atom. The van der Waals surface area contributed by atoms with Gasteiger partial charge in [-0.2, -0.15) is 0 Å². The molecular formula is C19H26N4O4. The first kappa shape index (κ1) is 19.1. The number of hydrogen-bond donors (Lipinski definition) is 1. The predicted molar refractivity (Wildman–Crippen MR) is 97.9 cm³/mol. The summed E-state index contributed by atoms with van der Waals surface area (Å²) in [7, 11) is 1.66. The molecule has 0 atom stereocenters. The minimum atomic E-state index is -0.763. The van der Waals surface area contributed by atoms with E-state index in [1.807, 2.05) is 13.0 Å². The number of imide groups is 1. The van der Waals surface area contributed by atoms with Gasteiger partial charge in [0.1, 0.15) is 12.1 Å². The minimum absolute atomic E-state index is 0.221. The second kappa shape index (κ2) is 7.94.